The van der Waals surface area contributed by atoms with Gasteiger partial charge in [0.1, 0.15) is 6.04 Å². The van der Waals surface area contributed by atoms with E-state index in [1.807, 2.05) is 86.6 Å². The number of para-hydroxylation sites is 2. The highest BCUT2D eigenvalue weighted by atomic mass is 35.5. The average molecular weight is 590 g/mol. The van der Waals surface area contributed by atoms with Crippen LogP contribution in [0.1, 0.15) is 36.9 Å². The van der Waals surface area contributed by atoms with Crippen molar-refractivity contribution in [3.8, 4) is 0 Å². The van der Waals surface area contributed by atoms with Gasteiger partial charge in [0.25, 0.3) is 0 Å². The van der Waals surface area contributed by atoms with E-state index in [4.69, 9.17) is 11.6 Å². The number of benzene rings is 3. The Bertz CT molecular complexity index is 1490. The summed E-state index contributed by atoms with van der Waals surface area (Å²) in [4.78, 5) is 44.4. The van der Waals surface area contributed by atoms with Crippen LogP contribution < -0.4 is 10.6 Å². The first kappa shape index (κ1) is 27.8. The van der Waals surface area contributed by atoms with Crippen LogP contribution in [-0.2, 0) is 14.4 Å². The highest BCUT2D eigenvalue weighted by Gasteiger charge is 2.77. The molecule has 6 rings (SSSR count). The maximum absolute atomic E-state index is 14.6. The van der Waals surface area contributed by atoms with Crippen LogP contribution in [-0.4, -0.2) is 49.9 Å². The second-order valence-corrected chi connectivity index (χ2v) is 13.7. The van der Waals surface area contributed by atoms with Gasteiger partial charge in [0.05, 0.1) is 39.9 Å². The van der Waals surface area contributed by atoms with Crippen molar-refractivity contribution in [2.45, 2.75) is 48.3 Å². The molecule has 3 amide bonds. The van der Waals surface area contributed by atoms with Crippen LogP contribution in [0.2, 0.25) is 5.02 Å². The number of carbonyl (C=O) groups excluding carboxylic acids is 3. The van der Waals surface area contributed by atoms with Gasteiger partial charge in [-0.05, 0) is 56.0 Å². The van der Waals surface area contributed by atoms with Crippen molar-refractivity contribution in [3.05, 3.63) is 95.0 Å². The highest BCUT2D eigenvalue weighted by Crippen LogP contribution is 2.72. The lowest BCUT2D eigenvalue weighted by molar-refractivity contribution is -0.141. The number of carbonyl (C=O) groups is 3. The number of hydrogen-bond acceptors (Lipinski definition) is 5. The van der Waals surface area contributed by atoms with Crippen molar-refractivity contribution in [3.63, 3.8) is 0 Å². The number of aliphatic hydroxyl groups excluding tert-OH is 1. The molecule has 3 fully saturated rings. The van der Waals surface area contributed by atoms with E-state index in [9.17, 15) is 19.5 Å². The number of anilines is 2. The van der Waals surface area contributed by atoms with Crippen LogP contribution >= 0.6 is 23.4 Å². The van der Waals surface area contributed by atoms with E-state index in [-0.39, 0.29) is 24.3 Å². The number of nitrogens with zero attached hydrogens (tertiary/aromatic N) is 1. The fourth-order valence-electron chi connectivity index (χ4n) is 7.15. The minimum absolute atomic E-state index is 0.227. The molecular weight excluding hydrogens is 558 g/mol. The van der Waals surface area contributed by atoms with E-state index >= 15 is 0 Å². The number of halogens is 1. The van der Waals surface area contributed by atoms with Gasteiger partial charge in [-0.2, -0.15) is 0 Å². The Morgan fingerprint density at radius 1 is 1.00 bits per heavy atom. The third kappa shape index (κ3) is 4.44. The third-order valence-electron chi connectivity index (χ3n) is 8.95. The summed E-state index contributed by atoms with van der Waals surface area (Å²) in [6.45, 7) is 3.53. The normalized spacial score (nSPS) is 28.8. The first-order valence-corrected chi connectivity index (χ1v) is 15.0. The van der Waals surface area contributed by atoms with E-state index in [1.54, 1.807) is 22.7 Å². The van der Waals surface area contributed by atoms with E-state index in [0.29, 0.717) is 29.2 Å². The molecule has 2 unspecified atom stereocenters. The van der Waals surface area contributed by atoms with Crippen LogP contribution in [0.15, 0.2) is 78.9 Å². The van der Waals surface area contributed by atoms with Gasteiger partial charge in [-0.1, -0.05) is 72.3 Å². The summed E-state index contributed by atoms with van der Waals surface area (Å²) in [7, 11) is 0. The number of nitrogens with one attached hydrogen (secondary N) is 2. The van der Waals surface area contributed by atoms with Crippen molar-refractivity contribution in [2.75, 3.05) is 17.2 Å². The van der Waals surface area contributed by atoms with E-state index in [1.165, 1.54) is 0 Å². The second kappa shape index (κ2) is 10.5. The van der Waals surface area contributed by atoms with E-state index in [2.05, 4.69) is 10.6 Å². The second-order valence-electron chi connectivity index (χ2n) is 11.4. The largest absolute Gasteiger partial charge is 0.394 e. The quantitative estimate of drug-likeness (QED) is 0.341. The minimum atomic E-state index is -0.922. The molecule has 7 nitrogen and oxygen atoms in total. The summed E-state index contributed by atoms with van der Waals surface area (Å²) in [6.07, 6.45) is 1.29. The Labute approximate surface area is 248 Å². The van der Waals surface area contributed by atoms with Crippen LogP contribution in [0.4, 0.5) is 11.4 Å². The molecule has 3 heterocycles. The number of hydrogen-bond donors (Lipinski definition) is 3. The zero-order valence-corrected chi connectivity index (χ0v) is 24.4. The molecule has 0 radical (unpaired) electrons. The number of rotatable bonds is 7. The Morgan fingerprint density at radius 3 is 2.34 bits per heavy atom. The van der Waals surface area contributed by atoms with Gasteiger partial charge in [0.15, 0.2) is 0 Å². The molecule has 6 atom stereocenters. The van der Waals surface area contributed by atoms with Crippen LogP contribution in [0.25, 0.3) is 0 Å². The Balaban J connectivity index is 1.44. The SMILES string of the molecule is Cc1cccc(Cl)c1NC(=O)C1N([C@H](CO)c2ccccc2)C(=O)[C@@H]2[C@H](C(=O)Nc3ccccc3)[C@]3(C)CCC12S3. The number of thioether (sulfide) groups is 1. The lowest BCUT2D eigenvalue weighted by Gasteiger charge is -2.37. The standard InChI is InChI=1S/C32H32ClN3O4S/c1-19-10-9-15-22(33)26(19)35-29(39)27-32-17-16-31(2,41-32)24(28(38)34-21-13-7-4-8-14-21)25(32)30(40)36(27)23(18-37)20-11-5-3-6-12-20/h3-15,23-25,27,37H,16-18H2,1-2H3,(H,34,38)(H,35,39)/t23-,24-,25+,27?,31+,32?/m1/s1. The Hall–Kier alpha value is -3.33. The van der Waals surface area contributed by atoms with Gasteiger partial charge in [0.2, 0.25) is 17.7 Å². The minimum Gasteiger partial charge on any atom is -0.394 e. The zero-order chi connectivity index (χ0) is 28.9. The van der Waals surface area contributed by atoms with Crippen molar-refractivity contribution in [2.24, 2.45) is 11.8 Å². The van der Waals surface area contributed by atoms with E-state index < -0.39 is 33.4 Å². The predicted molar refractivity (Wildman–Crippen MR) is 162 cm³/mol. The molecule has 212 valence electrons. The molecule has 2 bridgehead atoms. The zero-order valence-electron chi connectivity index (χ0n) is 22.8. The van der Waals surface area contributed by atoms with Crippen LogP contribution in [0.5, 0.6) is 0 Å². The highest BCUT2D eigenvalue weighted by molar-refractivity contribution is 8.02. The van der Waals surface area contributed by atoms with Crippen molar-refractivity contribution >= 4 is 52.5 Å². The molecule has 0 aromatic heterocycles. The Kier molecular flexibility index (Phi) is 7.12. The summed E-state index contributed by atoms with van der Waals surface area (Å²) < 4.78 is -1.36. The monoisotopic (exact) mass is 589 g/mol. The van der Waals surface area contributed by atoms with Crippen molar-refractivity contribution < 1.29 is 19.5 Å². The predicted octanol–water partition coefficient (Wildman–Crippen LogP) is 5.44. The molecule has 3 aliphatic heterocycles. The van der Waals surface area contributed by atoms with E-state index in [0.717, 1.165) is 11.1 Å². The molecule has 1 spiro atoms. The summed E-state index contributed by atoms with van der Waals surface area (Å²) in [5.74, 6) is -2.25. The lowest BCUT2D eigenvalue weighted by Crippen LogP contribution is -2.52. The summed E-state index contributed by atoms with van der Waals surface area (Å²) in [5.41, 5.74) is 2.68. The number of likely N-dealkylation sites (tertiary alicyclic amines) is 1. The Morgan fingerprint density at radius 2 is 1.68 bits per heavy atom. The summed E-state index contributed by atoms with van der Waals surface area (Å²) in [6, 6.07) is 22.2. The molecule has 3 saturated heterocycles. The first-order chi connectivity index (χ1) is 19.7. The molecule has 0 aliphatic carbocycles. The lowest BCUT2D eigenvalue weighted by atomic mass is 9.66. The van der Waals surface area contributed by atoms with Gasteiger partial charge >= 0.3 is 0 Å². The molecular formula is C32H32ClN3O4S. The molecule has 3 N–H and O–H groups in total. The first-order valence-electron chi connectivity index (χ1n) is 13.8. The summed E-state index contributed by atoms with van der Waals surface area (Å²) >= 11 is 8.08. The fourth-order valence-corrected chi connectivity index (χ4v) is 9.76. The number of aliphatic hydroxyl groups is 1. The number of aryl methyl sites for hydroxylation is 1. The maximum Gasteiger partial charge on any atom is 0.248 e. The smallest absolute Gasteiger partial charge is 0.248 e. The maximum atomic E-state index is 14.6. The van der Waals surface area contributed by atoms with Gasteiger partial charge in [-0.3, -0.25) is 14.4 Å². The molecule has 3 aromatic rings. The van der Waals surface area contributed by atoms with Gasteiger partial charge in [0, 0.05) is 10.4 Å². The number of amides is 3. The molecule has 9 heteroatoms. The third-order valence-corrected chi connectivity index (χ3v) is 11.3. The van der Waals surface area contributed by atoms with Gasteiger partial charge in [-0.15, -0.1) is 11.8 Å². The van der Waals surface area contributed by atoms with Gasteiger partial charge < -0.3 is 20.6 Å². The van der Waals surface area contributed by atoms with Crippen LogP contribution in [0.3, 0.4) is 0 Å². The van der Waals surface area contributed by atoms with Gasteiger partial charge in [-0.25, -0.2) is 0 Å². The summed E-state index contributed by atoms with van der Waals surface area (Å²) in [5, 5.41) is 17.1. The molecule has 0 saturated carbocycles. The van der Waals surface area contributed by atoms with Crippen LogP contribution in [0, 0.1) is 18.8 Å². The van der Waals surface area contributed by atoms with Crippen molar-refractivity contribution in [1.82, 2.24) is 4.90 Å². The number of fused-ring (bicyclic) bond motifs is 1. The molecule has 3 aromatic carbocycles. The average Bonchev–Trinajstić information content (AvgIpc) is 3.53. The van der Waals surface area contributed by atoms with Crippen molar-refractivity contribution in [1.29, 1.82) is 0 Å². The molecule has 3 aliphatic rings. The molecule has 41 heavy (non-hydrogen) atoms. The fraction of sp³-hybridized carbons (Fsp3) is 0.344. The topological polar surface area (TPSA) is 98.7 Å².